The molecule has 18 heavy (non-hydrogen) atoms. The van der Waals surface area contributed by atoms with Gasteiger partial charge in [0.15, 0.2) is 0 Å². The van der Waals surface area contributed by atoms with E-state index in [4.69, 9.17) is 0 Å². The average Bonchev–Trinajstić information content (AvgIpc) is 2.35. The first-order valence-electron chi connectivity index (χ1n) is 7.27. The maximum atomic E-state index is 4.00. The molecule has 0 heteroatoms. The van der Waals surface area contributed by atoms with Crippen molar-refractivity contribution in [1.29, 1.82) is 0 Å². The molecule has 108 valence electrons. The zero-order chi connectivity index (χ0) is 15.4. The lowest BCUT2D eigenvalue weighted by Crippen LogP contribution is -1.88. The second-order valence-corrected chi connectivity index (χ2v) is 3.99. The van der Waals surface area contributed by atoms with E-state index in [0.29, 0.717) is 0 Å². The van der Waals surface area contributed by atoms with E-state index >= 15 is 0 Å². The van der Waals surface area contributed by atoms with Crippen LogP contribution in [0.25, 0.3) is 0 Å². The lowest BCUT2D eigenvalue weighted by molar-refractivity contribution is 0.648. The Kier molecular flexibility index (Phi) is 42.6. The molecule has 0 rings (SSSR count). The summed E-state index contributed by atoms with van der Waals surface area (Å²) in [6.45, 7) is 17.0. The third-order valence-corrected chi connectivity index (χ3v) is 1.49. The van der Waals surface area contributed by atoms with Crippen molar-refractivity contribution in [3.63, 3.8) is 0 Å². The summed E-state index contributed by atoms with van der Waals surface area (Å²) < 4.78 is 0. The highest BCUT2D eigenvalue weighted by atomic mass is 14.0. The fourth-order valence-corrected chi connectivity index (χ4v) is 1.17. The quantitative estimate of drug-likeness (QED) is 0.389. The van der Waals surface area contributed by atoms with Crippen LogP contribution in [0, 0.1) is 18.8 Å². The maximum Gasteiger partial charge on any atom is -0.0259 e. The third kappa shape index (κ3) is 36.3. The number of allylic oxidation sites excluding steroid dienone is 4. The van der Waals surface area contributed by atoms with Crippen LogP contribution in [-0.2, 0) is 0 Å². The molecule has 0 fully saturated rings. The van der Waals surface area contributed by atoms with Crippen LogP contribution in [0.4, 0.5) is 0 Å². The van der Waals surface area contributed by atoms with Crippen molar-refractivity contribution in [2.45, 2.75) is 74.7 Å². The molecule has 0 unspecified atom stereocenters. The van der Waals surface area contributed by atoms with E-state index in [-0.39, 0.29) is 0 Å². The van der Waals surface area contributed by atoms with Crippen LogP contribution in [0.3, 0.4) is 0 Å². The first-order chi connectivity index (χ1) is 8.62. The molecule has 0 bridgehead atoms. The fourth-order valence-electron chi connectivity index (χ4n) is 1.17. The summed E-state index contributed by atoms with van der Waals surface area (Å²) in [4.78, 5) is 0. The van der Waals surface area contributed by atoms with Gasteiger partial charge in [-0.25, -0.2) is 0 Å². The maximum absolute atomic E-state index is 4.00. The Morgan fingerprint density at radius 3 is 1.67 bits per heavy atom. The molecule has 0 radical (unpaired) electrons. The van der Waals surface area contributed by atoms with Gasteiger partial charge >= 0.3 is 0 Å². The minimum Gasteiger partial charge on any atom is -0.124 e. The third-order valence-electron chi connectivity index (χ3n) is 1.49. The first kappa shape index (κ1) is 25.8. The van der Waals surface area contributed by atoms with Crippen molar-refractivity contribution in [2.75, 3.05) is 0 Å². The van der Waals surface area contributed by atoms with Gasteiger partial charge in [0.1, 0.15) is 0 Å². The largest absolute Gasteiger partial charge is 0.124 e. The zero-order valence-electron chi connectivity index (χ0n) is 14.1. The fraction of sp³-hybridized carbons (Fsp3) is 0.667. The number of hydrogen-bond acceptors (Lipinski definition) is 0. The van der Waals surface area contributed by atoms with Gasteiger partial charge in [-0.1, -0.05) is 78.7 Å². The Labute approximate surface area is 118 Å². The Hall–Kier alpha value is -0.960. The predicted molar refractivity (Wildman–Crippen MR) is 89.8 cm³/mol. The molecule has 0 aromatic rings. The summed E-state index contributed by atoms with van der Waals surface area (Å²) in [6.07, 6.45) is 18.2. The molecule has 0 aromatic heterocycles. The van der Waals surface area contributed by atoms with Crippen molar-refractivity contribution in [3.8, 4) is 12.8 Å². The standard InChI is InChI=1S/C11H20.C3H8.C2H6.C2H2/c1-5-7-11(8-6-2)9-10(3)4;1-3-2;2*1-2/h5,7-8,10H,6,9H2,1-4H3;3H2,1-2H3;1-2H3;1-2H/b7-5-,11-8+;;;. The lowest BCUT2D eigenvalue weighted by Gasteiger charge is -2.04. The van der Waals surface area contributed by atoms with E-state index in [1.807, 2.05) is 13.8 Å². The second-order valence-electron chi connectivity index (χ2n) is 3.99. The molecule has 0 nitrogen and oxygen atoms in total. The minimum absolute atomic E-state index is 0.768. The van der Waals surface area contributed by atoms with E-state index in [1.165, 1.54) is 18.4 Å². The van der Waals surface area contributed by atoms with Crippen molar-refractivity contribution in [1.82, 2.24) is 0 Å². The second kappa shape index (κ2) is 29.8. The van der Waals surface area contributed by atoms with Gasteiger partial charge < -0.3 is 0 Å². The summed E-state index contributed by atoms with van der Waals surface area (Å²) in [5.41, 5.74) is 1.48. The van der Waals surface area contributed by atoms with E-state index in [9.17, 15) is 0 Å². The molecular formula is C18H36. The smallest absolute Gasteiger partial charge is 0.0259 e. The molecule has 0 amide bonds. The van der Waals surface area contributed by atoms with Gasteiger partial charge in [-0.3, -0.25) is 0 Å². The molecule has 0 aliphatic heterocycles. The van der Waals surface area contributed by atoms with Crippen molar-refractivity contribution < 1.29 is 0 Å². The van der Waals surface area contributed by atoms with Gasteiger partial charge in [-0.05, 0) is 25.7 Å². The van der Waals surface area contributed by atoms with Crippen LogP contribution < -0.4 is 0 Å². The van der Waals surface area contributed by atoms with E-state index in [0.717, 1.165) is 12.3 Å². The minimum atomic E-state index is 0.768. The Morgan fingerprint density at radius 1 is 1.06 bits per heavy atom. The molecule has 0 aliphatic carbocycles. The van der Waals surface area contributed by atoms with Crippen LogP contribution in [0.5, 0.6) is 0 Å². The highest BCUT2D eigenvalue weighted by Crippen LogP contribution is 2.12. The van der Waals surface area contributed by atoms with E-state index in [1.54, 1.807) is 0 Å². The predicted octanol–water partition coefficient (Wildman–Crippen LogP) is 6.64. The lowest BCUT2D eigenvalue weighted by atomic mass is 10.0. The van der Waals surface area contributed by atoms with E-state index < -0.39 is 0 Å². The molecular weight excluding hydrogens is 216 g/mol. The monoisotopic (exact) mass is 252 g/mol. The normalized spacial score (nSPS) is 9.61. The van der Waals surface area contributed by atoms with Crippen LogP contribution in [0.1, 0.15) is 74.7 Å². The molecule has 0 aliphatic rings. The summed E-state index contributed by atoms with van der Waals surface area (Å²) in [6, 6.07) is 0. The number of terminal acetylenes is 1. The van der Waals surface area contributed by atoms with E-state index in [2.05, 4.69) is 72.6 Å². The van der Waals surface area contributed by atoms with Crippen LogP contribution >= 0.6 is 0 Å². The Balaban J connectivity index is -0.000000118. The molecule has 0 saturated heterocycles. The van der Waals surface area contributed by atoms with Gasteiger partial charge in [0.25, 0.3) is 0 Å². The van der Waals surface area contributed by atoms with Gasteiger partial charge in [-0.2, -0.15) is 0 Å². The zero-order valence-corrected chi connectivity index (χ0v) is 14.1. The van der Waals surface area contributed by atoms with Crippen LogP contribution in [0.2, 0.25) is 0 Å². The van der Waals surface area contributed by atoms with Crippen LogP contribution in [-0.4, -0.2) is 0 Å². The van der Waals surface area contributed by atoms with Gasteiger partial charge in [0.05, 0.1) is 0 Å². The SMILES string of the molecule is C#C.C/C=C\C(=C/CC)CC(C)C.CC.CCC. The molecule has 0 spiro atoms. The van der Waals surface area contributed by atoms with Gasteiger partial charge in [0.2, 0.25) is 0 Å². The van der Waals surface area contributed by atoms with Gasteiger partial charge in [-0.15, -0.1) is 12.8 Å². The molecule has 0 N–H and O–H groups in total. The Morgan fingerprint density at radius 2 is 1.44 bits per heavy atom. The molecule has 0 atom stereocenters. The number of rotatable bonds is 4. The summed E-state index contributed by atoms with van der Waals surface area (Å²) >= 11 is 0. The van der Waals surface area contributed by atoms with Crippen molar-refractivity contribution >= 4 is 0 Å². The molecule has 0 aromatic carbocycles. The molecule has 0 heterocycles. The van der Waals surface area contributed by atoms with Crippen LogP contribution in [0.15, 0.2) is 23.8 Å². The van der Waals surface area contributed by atoms with Crippen molar-refractivity contribution in [2.24, 2.45) is 5.92 Å². The van der Waals surface area contributed by atoms with Crippen molar-refractivity contribution in [3.05, 3.63) is 23.8 Å². The molecule has 0 saturated carbocycles. The topological polar surface area (TPSA) is 0 Å². The summed E-state index contributed by atoms with van der Waals surface area (Å²) in [5, 5.41) is 0. The summed E-state index contributed by atoms with van der Waals surface area (Å²) in [7, 11) is 0. The Bertz CT molecular complexity index is 179. The highest BCUT2D eigenvalue weighted by molar-refractivity contribution is 5.18. The number of hydrogen-bond donors (Lipinski definition) is 0. The average molecular weight is 252 g/mol. The summed E-state index contributed by atoms with van der Waals surface area (Å²) in [5.74, 6) is 0.768. The van der Waals surface area contributed by atoms with Gasteiger partial charge in [0, 0.05) is 0 Å². The first-order valence-corrected chi connectivity index (χ1v) is 7.27. The highest BCUT2D eigenvalue weighted by Gasteiger charge is 1.95.